The summed E-state index contributed by atoms with van der Waals surface area (Å²) in [6, 6.07) is 13.0. The average Bonchev–Trinajstić information content (AvgIpc) is 3.17. The number of aryl methyl sites for hydroxylation is 1. The highest BCUT2D eigenvalue weighted by molar-refractivity contribution is 5.90. The van der Waals surface area contributed by atoms with Gasteiger partial charge < -0.3 is 14.6 Å². The van der Waals surface area contributed by atoms with Gasteiger partial charge in [0.2, 0.25) is 11.8 Å². The lowest BCUT2D eigenvalue weighted by Crippen LogP contribution is -2.11. The first kappa shape index (κ1) is 19.5. The number of nitrogens with one attached hydrogen (secondary N) is 1. The van der Waals surface area contributed by atoms with Gasteiger partial charge in [0.15, 0.2) is 5.82 Å². The number of aromatic nitrogens is 3. The number of pyridine rings is 1. The smallest absolute Gasteiger partial charge is 0.226 e. The molecular formula is C21H24N4O3. The molecule has 1 amide bonds. The van der Waals surface area contributed by atoms with Crippen molar-refractivity contribution in [1.29, 1.82) is 0 Å². The van der Waals surface area contributed by atoms with E-state index < -0.39 is 0 Å². The van der Waals surface area contributed by atoms with Crippen molar-refractivity contribution < 1.29 is 14.1 Å². The average molecular weight is 380 g/mol. The zero-order valence-corrected chi connectivity index (χ0v) is 16.1. The van der Waals surface area contributed by atoms with Crippen molar-refractivity contribution in [2.24, 2.45) is 0 Å². The van der Waals surface area contributed by atoms with Crippen LogP contribution in [0.4, 0.5) is 5.69 Å². The minimum absolute atomic E-state index is 0.0644. The third kappa shape index (κ3) is 5.90. The Kier molecular flexibility index (Phi) is 6.73. The predicted molar refractivity (Wildman–Crippen MR) is 105 cm³/mol. The number of benzene rings is 1. The highest BCUT2D eigenvalue weighted by atomic mass is 16.5. The lowest BCUT2D eigenvalue weighted by atomic mass is 10.2. The van der Waals surface area contributed by atoms with Crippen LogP contribution in [-0.4, -0.2) is 21.0 Å². The molecule has 0 aliphatic rings. The summed E-state index contributed by atoms with van der Waals surface area (Å²) in [6.45, 7) is 4.40. The second-order valence-electron chi connectivity index (χ2n) is 6.74. The minimum atomic E-state index is -0.0644. The molecule has 0 atom stereocenters. The number of rotatable bonds is 9. The van der Waals surface area contributed by atoms with E-state index in [1.807, 2.05) is 50.2 Å². The molecule has 3 rings (SSSR count). The number of hydrogen-bond donors (Lipinski definition) is 1. The van der Waals surface area contributed by atoms with Crippen LogP contribution in [0.25, 0.3) is 0 Å². The van der Waals surface area contributed by atoms with Gasteiger partial charge in [-0.25, -0.2) is 0 Å². The lowest BCUT2D eigenvalue weighted by Gasteiger charge is -2.09. The monoisotopic (exact) mass is 380 g/mol. The van der Waals surface area contributed by atoms with Crippen LogP contribution in [0.2, 0.25) is 0 Å². The molecule has 0 radical (unpaired) electrons. The van der Waals surface area contributed by atoms with Gasteiger partial charge in [0.1, 0.15) is 12.4 Å². The molecule has 0 aliphatic carbocycles. The van der Waals surface area contributed by atoms with Crippen molar-refractivity contribution in [3.63, 3.8) is 0 Å². The van der Waals surface area contributed by atoms with Crippen molar-refractivity contribution >= 4 is 11.6 Å². The Morgan fingerprint density at radius 2 is 2.11 bits per heavy atom. The highest BCUT2D eigenvalue weighted by Crippen LogP contribution is 2.19. The number of carbonyl (C=O) groups excluding carboxylic acids is 1. The molecule has 0 aliphatic heterocycles. The molecule has 2 heterocycles. The first-order valence-electron chi connectivity index (χ1n) is 9.35. The highest BCUT2D eigenvalue weighted by Gasteiger charge is 2.10. The summed E-state index contributed by atoms with van der Waals surface area (Å²) < 4.78 is 10.9. The fourth-order valence-electron chi connectivity index (χ4n) is 2.53. The molecule has 0 saturated heterocycles. The van der Waals surface area contributed by atoms with E-state index in [1.165, 1.54) is 0 Å². The van der Waals surface area contributed by atoms with Gasteiger partial charge in [0.25, 0.3) is 0 Å². The Bertz CT molecular complexity index is 893. The lowest BCUT2D eigenvalue weighted by molar-refractivity contribution is -0.116. The number of ether oxygens (including phenoxy) is 1. The van der Waals surface area contributed by atoms with E-state index in [0.717, 1.165) is 5.69 Å². The SMILES string of the molecule is CC(C)c1noc(CCCC(=O)Nc2cccc(OCc3ccccn3)c2)n1. The Morgan fingerprint density at radius 3 is 2.86 bits per heavy atom. The van der Waals surface area contributed by atoms with Crippen LogP contribution in [0.3, 0.4) is 0 Å². The molecule has 0 unspecified atom stereocenters. The molecule has 0 bridgehead atoms. The van der Waals surface area contributed by atoms with Crippen molar-refractivity contribution in [3.05, 3.63) is 66.1 Å². The van der Waals surface area contributed by atoms with Crippen LogP contribution in [-0.2, 0) is 17.8 Å². The van der Waals surface area contributed by atoms with E-state index >= 15 is 0 Å². The van der Waals surface area contributed by atoms with Crippen molar-refractivity contribution in [2.45, 2.75) is 45.6 Å². The predicted octanol–water partition coefficient (Wildman–Crippen LogP) is 4.13. The van der Waals surface area contributed by atoms with Crippen molar-refractivity contribution in [2.75, 3.05) is 5.32 Å². The maximum atomic E-state index is 12.2. The fraction of sp³-hybridized carbons (Fsp3) is 0.333. The third-order valence-electron chi connectivity index (χ3n) is 4.03. The summed E-state index contributed by atoms with van der Waals surface area (Å²) in [6.07, 6.45) is 3.33. The van der Waals surface area contributed by atoms with Gasteiger partial charge in [0.05, 0.1) is 5.69 Å². The van der Waals surface area contributed by atoms with Gasteiger partial charge in [0, 0.05) is 36.7 Å². The maximum Gasteiger partial charge on any atom is 0.226 e. The van der Waals surface area contributed by atoms with Gasteiger partial charge >= 0.3 is 0 Å². The summed E-state index contributed by atoms with van der Waals surface area (Å²) in [7, 11) is 0. The van der Waals surface area contributed by atoms with Crippen LogP contribution in [0.5, 0.6) is 5.75 Å². The second-order valence-corrected chi connectivity index (χ2v) is 6.74. The Hall–Kier alpha value is -3.22. The van der Waals surface area contributed by atoms with E-state index in [2.05, 4.69) is 20.4 Å². The van der Waals surface area contributed by atoms with E-state index in [-0.39, 0.29) is 11.8 Å². The third-order valence-corrected chi connectivity index (χ3v) is 4.03. The second kappa shape index (κ2) is 9.64. The van der Waals surface area contributed by atoms with Crippen molar-refractivity contribution in [3.8, 4) is 5.75 Å². The van der Waals surface area contributed by atoms with Crippen LogP contribution in [0.1, 0.15) is 50.0 Å². The molecule has 1 aromatic carbocycles. The fourth-order valence-corrected chi connectivity index (χ4v) is 2.53. The maximum absolute atomic E-state index is 12.2. The number of amides is 1. The molecule has 7 nitrogen and oxygen atoms in total. The van der Waals surface area contributed by atoms with Gasteiger partial charge in [-0.2, -0.15) is 4.98 Å². The van der Waals surface area contributed by atoms with E-state index in [4.69, 9.17) is 9.26 Å². The standard InChI is InChI=1S/C21H24N4O3/c1-15(2)21-24-20(28-25-21)11-6-10-19(26)23-16-8-5-9-18(13-16)27-14-17-7-3-4-12-22-17/h3-5,7-9,12-13,15H,6,10-11,14H2,1-2H3,(H,23,26). The summed E-state index contributed by atoms with van der Waals surface area (Å²) in [5, 5.41) is 6.81. The Morgan fingerprint density at radius 1 is 1.21 bits per heavy atom. The molecule has 0 fully saturated rings. The first-order valence-corrected chi connectivity index (χ1v) is 9.35. The van der Waals surface area contributed by atoms with E-state index in [9.17, 15) is 4.79 Å². The number of anilines is 1. The molecule has 146 valence electrons. The van der Waals surface area contributed by atoms with Crippen molar-refractivity contribution in [1.82, 2.24) is 15.1 Å². The van der Waals surface area contributed by atoms with E-state index in [0.29, 0.717) is 49.0 Å². The van der Waals surface area contributed by atoms with Crippen LogP contribution < -0.4 is 10.1 Å². The van der Waals surface area contributed by atoms with Gasteiger partial charge in [-0.3, -0.25) is 9.78 Å². The van der Waals surface area contributed by atoms with Gasteiger partial charge in [-0.15, -0.1) is 0 Å². The zero-order valence-electron chi connectivity index (χ0n) is 16.1. The van der Waals surface area contributed by atoms with Crippen LogP contribution in [0, 0.1) is 0 Å². The summed E-state index contributed by atoms with van der Waals surface area (Å²) >= 11 is 0. The number of hydrogen-bond acceptors (Lipinski definition) is 6. The molecule has 2 aromatic heterocycles. The summed E-state index contributed by atoms with van der Waals surface area (Å²) in [5.41, 5.74) is 1.54. The number of carbonyl (C=O) groups is 1. The van der Waals surface area contributed by atoms with Gasteiger partial charge in [-0.05, 0) is 30.7 Å². The number of nitrogens with zero attached hydrogens (tertiary/aromatic N) is 3. The molecule has 1 N–H and O–H groups in total. The van der Waals surface area contributed by atoms with Crippen LogP contribution in [0.15, 0.2) is 53.2 Å². The molecule has 7 heteroatoms. The molecule has 0 saturated carbocycles. The molecular weight excluding hydrogens is 356 g/mol. The quantitative estimate of drug-likeness (QED) is 0.600. The Balaban J connectivity index is 1.44. The zero-order chi connectivity index (χ0) is 19.8. The van der Waals surface area contributed by atoms with E-state index in [1.54, 1.807) is 12.3 Å². The minimum Gasteiger partial charge on any atom is -0.487 e. The topological polar surface area (TPSA) is 90.1 Å². The normalized spacial score (nSPS) is 10.8. The largest absolute Gasteiger partial charge is 0.487 e. The summed E-state index contributed by atoms with van der Waals surface area (Å²) in [4.78, 5) is 20.7. The van der Waals surface area contributed by atoms with Gasteiger partial charge in [-0.1, -0.05) is 31.1 Å². The molecule has 28 heavy (non-hydrogen) atoms. The molecule has 0 spiro atoms. The van der Waals surface area contributed by atoms with Crippen LogP contribution >= 0.6 is 0 Å². The molecule has 3 aromatic rings. The summed E-state index contributed by atoms with van der Waals surface area (Å²) in [5.74, 6) is 2.11. The first-order chi connectivity index (χ1) is 13.6. The Labute approximate surface area is 164 Å².